The molecule has 0 saturated heterocycles. The summed E-state index contributed by atoms with van der Waals surface area (Å²) < 4.78 is 0. The summed E-state index contributed by atoms with van der Waals surface area (Å²) in [4.78, 5) is 0. The third-order valence-electron chi connectivity index (χ3n) is 1.82. The molecular weight excluding hydrogens is 170 g/mol. The molecule has 14 heavy (non-hydrogen) atoms. The molecule has 0 saturated carbocycles. The second kappa shape index (κ2) is 11.7. The van der Waals surface area contributed by atoms with Crippen LogP contribution in [0.5, 0.6) is 0 Å². The van der Waals surface area contributed by atoms with Crippen molar-refractivity contribution in [2.75, 3.05) is 0 Å². The molecule has 0 amide bonds. The number of nitriles is 1. The van der Waals surface area contributed by atoms with Gasteiger partial charge in [0.2, 0.25) is 0 Å². The van der Waals surface area contributed by atoms with Gasteiger partial charge in [-0.3, -0.25) is 0 Å². The van der Waals surface area contributed by atoms with Crippen molar-refractivity contribution in [1.29, 1.82) is 5.26 Å². The summed E-state index contributed by atoms with van der Waals surface area (Å²) in [6.45, 7) is 3.68. The Morgan fingerprint density at radius 2 is 1.57 bits per heavy atom. The van der Waals surface area contributed by atoms with Crippen LogP contribution < -0.4 is 0 Å². The summed E-state index contributed by atoms with van der Waals surface area (Å²) in [5.41, 5.74) is 0. The molecule has 76 valence electrons. The van der Waals surface area contributed by atoms with E-state index in [0.29, 0.717) is 6.42 Å². The van der Waals surface area contributed by atoms with Gasteiger partial charge in [-0.05, 0) is 32.1 Å². The molecule has 0 aliphatic rings. The van der Waals surface area contributed by atoms with Crippen molar-refractivity contribution in [3.63, 3.8) is 0 Å². The van der Waals surface area contributed by atoms with Gasteiger partial charge in [0.1, 0.15) is 0 Å². The molecule has 0 bridgehead atoms. The monoisotopic (exact) mass is 189 g/mol. The molecular formula is C13H19N. The zero-order valence-corrected chi connectivity index (χ0v) is 8.78. The van der Waals surface area contributed by atoms with E-state index in [2.05, 4.69) is 30.9 Å². The first-order valence-electron chi connectivity index (χ1n) is 5.19. The normalized spacial score (nSPS) is 10.8. The third kappa shape index (κ3) is 10.7. The van der Waals surface area contributed by atoms with Crippen molar-refractivity contribution in [1.82, 2.24) is 0 Å². The summed E-state index contributed by atoms with van der Waals surface area (Å²) in [5, 5.41) is 8.27. The molecule has 0 aliphatic heterocycles. The molecule has 0 fully saturated rings. The molecule has 0 aliphatic carbocycles. The number of nitrogens with zero attached hydrogens (tertiary/aromatic N) is 1. The Kier molecular flexibility index (Phi) is 10.6. The Balaban J connectivity index is 3.19. The molecule has 1 nitrogen and oxygen atoms in total. The zero-order valence-electron chi connectivity index (χ0n) is 8.78. The molecule has 0 N–H and O–H groups in total. The average molecular weight is 189 g/mol. The van der Waals surface area contributed by atoms with Gasteiger partial charge >= 0.3 is 0 Å². The van der Waals surface area contributed by atoms with E-state index in [1.165, 1.54) is 6.42 Å². The van der Waals surface area contributed by atoms with Crippen LogP contribution in [0.25, 0.3) is 0 Å². The van der Waals surface area contributed by atoms with Gasteiger partial charge in [0, 0.05) is 0 Å². The minimum Gasteiger partial charge on any atom is -0.198 e. The average Bonchev–Trinajstić information content (AvgIpc) is 2.21. The second-order valence-corrected chi connectivity index (χ2v) is 3.10. The van der Waals surface area contributed by atoms with Crippen LogP contribution in [0.15, 0.2) is 37.0 Å². The number of hydrogen-bond donors (Lipinski definition) is 0. The topological polar surface area (TPSA) is 23.8 Å². The van der Waals surface area contributed by atoms with Crippen LogP contribution in [-0.2, 0) is 0 Å². The first kappa shape index (κ1) is 12.7. The lowest BCUT2D eigenvalue weighted by Crippen LogP contribution is -1.69. The van der Waals surface area contributed by atoms with Gasteiger partial charge in [-0.25, -0.2) is 0 Å². The third-order valence-corrected chi connectivity index (χ3v) is 1.82. The minimum atomic E-state index is 0.531. The van der Waals surface area contributed by atoms with E-state index in [1.807, 2.05) is 12.2 Å². The van der Waals surface area contributed by atoms with E-state index in [4.69, 9.17) is 5.26 Å². The van der Waals surface area contributed by atoms with E-state index >= 15 is 0 Å². The molecule has 0 atom stereocenters. The molecule has 0 radical (unpaired) electrons. The molecule has 1 heteroatoms. The highest BCUT2D eigenvalue weighted by Gasteiger charge is 1.80. The van der Waals surface area contributed by atoms with E-state index in [1.54, 1.807) is 0 Å². The fraction of sp³-hybridized carbons (Fsp3) is 0.462. The highest BCUT2D eigenvalue weighted by atomic mass is 14.2. The van der Waals surface area contributed by atoms with Crippen molar-refractivity contribution in [2.24, 2.45) is 0 Å². The van der Waals surface area contributed by atoms with Gasteiger partial charge in [-0.2, -0.15) is 5.26 Å². The highest BCUT2D eigenvalue weighted by Crippen LogP contribution is 1.99. The quantitative estimate of drug-likeness (QED) is 0.415. The minimum absolute atomic E-state index is 0.531. The smallest absolute Gasteiger partial charge is 0.0663 e. The van der Waals surface area contributed by atoms with Crippen LogP contribution in [0.4, 0.5) is 0 Å². The largest absolute Gasteiger partial charge is 0.198 e. The maximum absolute atomic E-state index is 8.27. The highest BCUT2D eigenvalue weighted by molar-refractivity contribution is 4.92. The zero-order chi connectivity index (χ0) is 10.5. The Morgan fingerprint density at radius 3 is 2.21 bits per heavy atom. The van der Waals surface area contributed by atoms with Crippen molar-refractivity contribution in [3.8, 4) is 6.07 Å². The van der Waals surface area contributed by atoms with E-state index < -0.39 is 0 Å². The predicted molar refractivity (Wildman–Crippen MR) is 61.8 cm³/mol. The van der Waals surface area contributed by atoms with Gasteiger partial charge < -0.3 is 0 Å². The van der Waals surface area contributed by atoms with E-state index in [-0.39, 0.29) is 0 Å². The maximum Gasteiger partial charge on any atom is 0.0663 e. The molecule has 0 heterocycles. The second-order valence-electron chi connectivity index (χ2n) is 3.10. The SMILES string of the molecule is C=CCCC/C=C/CC/C=C/CC#N. The van der Waals surface area contributed by atoms with Crippen molar-refractivity contribution < 1.29 is 0 Å². The van der Waals surface area contributed by atoms with Crippen molar-refractivity contribution in [2.45, 2.75) is 38.5 Å². The number of rotatable bonds is 8. The molecule has 0 rings (SSSR count). The Hall–Kier alpha value is -1.29. The fourth-order valence-electron chi connectivity index (χ4n) is 1.06. The number of unbranched alkanes of at least 4 members (excludes halogenated alkanes) is 3. The molecule has 0 unspecified atom stereocenters. The molecule has 0 aromatic rings. The summed E-state index contributed by atoms with van der Waals surface area (Å²) in [7, 11) is 0. The van der Waals surface area contributed by atoms with Crippen LogP contribution in [0.1, 0.15) is 38.5 Å². The molecule has 0 aromatic carbocycles. The van der Waals surface area contributed by atoms with E-state index in [0.717, 1.165) is 25.7 Å². The fourth-order valence-corrected chi connectivity index (χ4v) is 1.06. The van der Waals surface area contributed by atoms with Gasteiger partial charge in [0.15, 0.2) is 0 Å². The van der Waals surface area contributed by atoms with Crippen molar-refractivity contribution >= 4 is 0 Å². The Morgan fingerprint density at radius 1 is 0.929 bits per heavy atom. The van der Waals surface area contributed by atoms with Crippen LogP contribution >= 0.6 is 0 Å². The van der Waals surface area contributed by atoms with Crippen LogP contribution in [-0.4, -0.2) is 0 Å². The Labute approximate surface area is 87.4 Å². The van der Waals surface area contributed by atoms with Gasteiger partial charge in [-0.1, -0.05) is 30.4 Å². The summed E-state index contributed by atoms with van der Waals surface area (Å²) in [5.74, 6) is 0. The lowest BCUT2D eigenvalue weighted by Gasteiger charge is -1.89. The van der Waals surface area contributed by atoms with Gasteiger partial charge in [0.25, 0.3) is 0 Å². The van der Waals surface area contributed by atoms with Crippen LogP contribution in [0, 0.1) is 11.3 Å². The predicted octanol–water partition coefficient (Wildman–Crippen LogP) is 4.15. The first-order chi connectivity index (χ1) is 6.91. The summed E-state index contributed by atoms with van der Waals surface area (Å²) in [6, 6.07) is 2.08. The lowest BCUT2D eigenvalue weighted by atomic mass is 10.2. The number of hydrogen-bond acceptors (Lipinski definition) is 1. The Bertz CT molecular complexity index is 218. The lowest BCUT2D eigenvalue weighted by molar-refractivity contribution is 0.864. The van der Waals surface area contributed by atoms with Crippen LogP contribution in [0.3, 0.4) is 0 Å². The summed E-state index contributed by atoms with van der Waals surface area (Å²) in [6.07, 6.45) is 16.5. The van der Waals surface area contributed by atoms with Gasteiger partial charge in [0.05, 0.1) is 12.5 Å². The van der Waals surface area contributed by atoms with Gasteiger partial charge in [-0.15, -0.1) is 6.58 Å². The number of allylic oxidation sites excluding steroid dienone is 5. The standard InChI is InChI=1S/C13H19N/c1-2-3-4-5-6-7-8-9-10-11-12-13-14/h2,6-7,10-11H,1,3-5,8-9,12H2/b7-6+,11-10+. The molecule has 0 aromatic heterocycles. The van der Waals surface area contributed by atoms with Crippen LogP contribution in [0.2, 0.25) is 0 Å². The van der Waals surface area contributed by atoms with E-state index in [9.17, 15) is 0 Å². The molecule has 0 spiro atoms. The summed E-state index contributed by atoms with van der Waals surface area (Å²) >= 11 is 0. The maximum atomic E-state index is 8.27. The first-order valence-corrected chi connectivity index (χ1v) is 5.19. The van der Waals surface area contributed by atoms with Crippen molar-refractivity contribution in [3.05, 3.63) is 37.0 Å².